The first-order chi connectivity index (χ1) is 14.8. The van der Waals surface area contributed by atoms with E-state index in [1.165, 1.54) is 6.08 Å². The van der Waals surface area contributed by atoms with Crippen molar-refractivity contribution in [3.05, 3.63) is 101 Å². The zero-order valence-electron chi connectivity index (χ0n) is 15.9. The van der Waals surface area contributed by atoms with Crippen LogP contribution in [-0.4, -0.2) is 17.0 Å². The van der Waals surface area contributed by atoms with Crippen LogP contribution in [-0.2, 0) is 11.4 Å². The quantitative estimate of drug-likeness (QED) is 0.242. The van der Waals surface area contributed by atoms with Crippen LogP contribution < -0.4 is 10.1 Å². The molecule has 0 bridgehead atoms. The molecule has 0 radical (unpaired) electrons. The second kappa shape index (κ2) is 11.0. The van der Waals surface area contributed by atoms with Crippen molar-refractivity contribution in [1.29, 1.82) is 0 Å². The molecular formula is C23H16ClI2NO4. The summed E-state index contributed by atoms with van der Waals surface area (Å²) in [7, 11) is 0. The number of aliphatic carboxylic acids is 1. The molecule has 3 rings (SSSR count). The molecule has 0 aromatic heterocycles. The lowest BCUT2D eigenvalue weighted by atomic mass is 10.1. The van der Waals surface area contributed by atoms with Crippen LogP contribution in [0.4, 0.5) is 0 Å². The van der Waals surface area contributed by atoms with Crippen LogP contribution in [0, 0.1) is 7.14 Å². The second-order valence-electron chi connectivity index (χ2n) is 6.41. The Hall–Kier alpha value is -2.11. The first-order valence-corrected chi connectivity index (χ1v) is 11.5. The molecule has 3 aromatic carbocycles. The number of benzene rings is 3. The Balaban J connectivity index is 1.79. The summed E-state index contributed by atoms with van der Waals surface area (Å²) in [5.74, 6) is -1.00. The Kier molecular flexibility index (Phi) is 8.33. The van der Waals surface area contributed by atoms with Gasteiger partial charge in [-0.1, -0.05) is 41.9 Å². The number of carbonyl (C=O) groups is 2. The van der Waals surface area contributed by atoms with Crippen molar-refractivity contribution in [2.24, 2.45) is 0 Å². The Labute approximate surface area is 211 Å². The smallest absolute Gasteiger partial charge is 0.352 e. The van der Waals surface area contributed by atoms with Gasteiger partial charge in [0.15, 0.2) is 0 Å². The first-order valence-electron chi connectivity index (χ1n) is 9.01. The molecule has 0 saturated carbocycles. The van der Waals surface area contributed by atoms with Gasteiger partial charge in [0.25, 0.3) is 5.91 Å². The van der Waals surface area contributed by atoms with Gasteiger partial charge in [0.2, 0.25) is 0 Å². The molecule has 0 aliphatic carbocycles. The van der Waals surface area contributed by atoms with Crippen molar-refractivity contribution in [2.75, 3.05) is 0 Å². The number of ether oxygens (including phenoxy) is 1. The third-order valence-electron chi connectivity index (χ3n) is 4.14. The lowest BCUT2D eigenvalue weighted by molar-refractivity contribution is -0.132. The van der Waals surface area contributed by atoms with E-state index >= 15 is 0 Å². The van der Waals surface area contributed by atoms with Gasteiger partial charge in [-0.25, -0.2) is 4.79 Å². The van der Waals surface area contributed by atoms with Crippen molar-refractivity contribution < 1.29 is 19.4 Å². The van der Waals surface area contributed by atoms with Gasteiger partial charge in [0, 0.05) is 10.6 Å². The minimum Gasteiger partial charge on any atom is -0.487 e. The zero-order valence-corrected chi connectivity index (χ0v) is 21.0. The molecule has 1 amide bonds. The Morgan fingerprint density at radius 2 is 1.61 bits per heavy atom. The van der Waals surface area contributed by atoms with E-state index in [1.54, 1.807) is 54.6 Å². The maximum atomic E-state index is 12.3. The maximum absolute atomic E-state index is 12.3. The minimum atomic E-state index is -1.22. The number of carboxylic acids is 1. The summed E-state index contributed by atoms with van der Waals surface area (Å²) in [5.41, 5.74) is 1.79. The van der Waals surface area contributed by atoms with E-state index in [0.717, 1.165) is 12.7 Å². The highest BCUT2D eigenvalue weighted by Gasteiger charge is 2.15. The molecule has 0 unspecified atom stereocenters. The van der Waals surface area contributed by atoms with Gasteiger partial charge in [-0.2, -0.15) is 0 Å². The Morgan fingerprint density at radius 1 is 1.00 bits per heavy atom. The summed E-state index contributed by atoms with van der Waals surface area (Å²) in [6, 6.07) is 19.5. The lowest BCUT2D eigenvalue weighted by Crippen LogP contribution is -2.27. The monoisotopic (exact) mass is 659 g/mol. The fourth-order valence-corrected chi connectivity index (χ4v) is 4.89. The number of hydrogen-bond acceptors (Lipinski definition) is 3. The van der Waals surface area contributed by atoms with E-state index in [2.05, 4.69) is 50.5 Å². The zero-order chi connectivity index (χ0) is 22.4. The lowest BCUT2D eigenvalue weighted by Gasteiger charge is -2.12. The van der Waals surface area contributed by atoms with E-state index in [1.807, 2.05) is 12.1 Å². The molecule has 0 aliphatic rings. The number of halogens is 3. The predicted octanol–water partition coefficient (Wildman–Crippen LogP) is 5.98. The molecule has 5 nitrogen and oxygen atoms in total. The fraction of sp³-hybridized carbons (Fsp3) is 0.0435. The highest BCUT2D eigenvalue weighted by molar-refractivity contribution is 14.1. The number of carbonyl (C=O) groups excluding carboxylic acids is 1. The van der Waals surface area contributed by atoms with Crippen molar-refractivity contribution in [1.82, 2.24) is 5.32 Å². The summed E-state index contributed by atoms with van der Waals surface area (Å²) in [6.07, 6.45) is 1.43. The van der Waals surface area contributed by atoms with Crippen LogP contribution in [0.5, 0.6) is 5.75 Å². The topological polar surface area (TPSA) is 75.6 Å². The number of rotatable bonds is 7. The molecule has 3 aromatic rings. The Morgan fingerprint density at radius 3 is 2.19 bits per heavy atom. The van der Waals surface area contributed by atoms with Crippen molar-refractivity contribution in [3.8, 4) is 5.75 Å². The molecule has 0 spiro atoms. The van der Waals surface area contributed by atoms with E-state index in [0.29, 0.717) is 28.5 Å². The minimum absolute atomic E-state index is 0.213. The number of hydrogen-bond donors (Lipinski definition) is 2. The molecule has 0 atom stereocenters. The molecule has 2 N–H and O–H groups in total. The summed E-state index contributed by atoms with van der Waals surface area (Å²) >= 11 is 10.2. The number of amides is 1. The Bertz CT molecular complexity index is 1110. The molecule has 0 fully saturated rings. The average Bonchev–Trinajstić information content (AvgIpc) is 2.74. The molecule has 0 saturated heterocycles. The van der Waals surface area contributed by atoms with E-state index in [4.69, 9.17) is 16.3 Å². The fourth-order valence-electron chi connectivity index (χ4n) is 2.64. The first kappa shape index (κ1) is 23.6. The van der Waals surface area contributed by atoms with Gasteiger partial charge in [-0.15, -0.1) is 0 Å². The van der Waals surface area contributed by atoms with E-state index in [9.17, 15) is 14.7 Å². The van der Waals surface area contributed by atoms with Gasteiger partial charge in [-0.05, 0) is 98.8 Å². The van der Waals surface area contributed by atoms with Crippen LogP contribution in [0.2, 0.25) is 5.02 Å². The standard InChI is InChI=1S/C23H16ClI2NO4/c24-17-8-6-14(7-9-17)13-31-21-18(25)10-15(11-19(21)26)12-20(23(29)30)27-22(28)16-4-2-1-3-5-16/h1-12H,13H2,(H,27,28)(H,29,30). The predicted molar refractivity (Wildman–Crippen MR) is 137 cm³/mol. The average molecular weight is 660 g/mol. The van der Waals surface area contributed by atoms with E-state index < -0.39 is 11.9 Å². The normalized spacial score (nSPS) is 11.1. The van der Waals surface area contributed by atoms with E-state index in [-0.39, 0.29) is 5.70 Å². The van der Waals surface area contributed by atoms with Crippen LogP contribution in [0.15, 0.2) is 72.4 Å². The number of nitrogens with one attached hydrogen (secondary N) is 1. The van der Waals surface area contributed by atoms with Crippen molar-refractivity contribution >= 4 is 74.7 Å². The second-order valence-corrected chi connectivity index (χ2v) is 9.17. The summed E-state index contributed by atoms with van der Waals surface area (Å²) in [6.45, 7) is 0.381. The maximum Gasteiger partial charge on any atom is 0.352 e. The van der Waals surface area contributed by atoms with Gasteiger partial charge in [0.05, 0.1) is 7.14 Å². The van der Waals surface area contributed by atoms with Crippen LogP contribution in [0.1, 0.15) is 21.5 Å². The van der Waals surface area contributed by atoms with Crippen molar-refractivity contribution in [3.63, 3.8) is 0 Å². The van der Waals surface area contributed by atoms with Gasteiger partial charge >= 0.3 is 5.97 Å². The van der Waals surface area contributed by atoms with Crippen LogP contribution >= 0.6 is 56.8 Å². The molecule has 0 aliphatic heterocycles. The molecule has 0 heterocycles. The molecule has 31 heavy (non-hydrogen) atoms. The molecule has 158 valence electrons. The SMILES string of the molecule is O=C(O)C(=Cc1cc(I)c(OCc2ccc(Cl)cc2)c(I)c1)NC(=O)c1ccccc1. The van der Waals surface area contributed by atoms with Crippen LogP contribution in [0.3, 0.4) is 0 Å². The third kappa shape index (κ3) is 6.68. The van der Waals surface area contributed by atoms with Gasteiger partial charge < -0.3 is 15.2 Å². The largest absolute Gasteiger partial charge is 0.487 e. The summed E-state index contributed by atoms with van der Waals surface area (Å²) < 4.78 is 7.60. The van der Waals surface area contributed by atoms with Crippen molar-refractivity contribution in [2.45, 2.75) is 6.61 Å². The van der Waals surface area contributed by atoms with Crippen LogP contribution in [0.25, 0.3) is 6.08 Å². The van der Waals surface area contributed by atoms with Gasteiger partial charge in [0.1, 0.15) is 18.1 Å². The third-order valence-corrected chi connectivity index (χ3v) is 6.00. The summed E-state index contributed by atoms with van der Waals surface area (Å²) in [5, 5.41) is 12.7. The molecule has 8 heteroatoms. The highest BCUT2D eigenvalue weighted by Crippen LogP contribution is 2.30. The highest BCUT2D eigenvalue weighted by atomic mass is 127. The molecular weight excluding hydrogens is 644 g/mol. The summed E-state index contributed by atoms with van der Waals surface area (Å²) in [4.78, 5) is 24.0. The number of carboxylic acid groups (broad SMARTS) is 1. The van der Waals surface area contributed by atoms with Gasteiger partial charge in [-0.3, -0.25) is 4.79 Å².